The topological polar surface area (TPSA) is 26.0 Å². The van der Waals surface area contributed by atoms with Crippen LogP contribution in [0.3, 0.4) is 0 Å². The molecule has 0 aliphatic rings. The minimum atomic E-state index is 0.133. The van der Waals surface area contributed by atoms with Crippen LogP contribution in [0.15, 0.2) is 42.5 Å². The lowest BCUT2D eigenvalue weighted by Gasteiger charge is -2.23. The molecule has 0 fully saturated rings. The second kappa shape index (κ2) is 4.49. The van der Waals surface area contributed by atoms with Gasteiger partial charge < -0.3 is 5.73 Å². The van der Waals surface area contributed by atoms with Gasteiger partial charge in [0, 0.05) is 5.69 Å². The number of nitrogens with two attached hydrogens (primary N) is 1. The van der Waals surface area contributed by atoms with Gasteiger partial charge in [-0.2, -0.15) is 0 Å². The van der Waals surface area contributed by atoms with Crippen LogP contribution in [0.1, 0.15) is 31.9 Å². The largest absolute Gasteiger partial charge is 0.399 e. The third kappa shape index (κ3) is 2.40. The van der Waals surface area contributed by atoms with Crippen molar-refractivity contribution in [2.75, 3.05) is 5.73 Å². The van der Waals surface area contributed by atoms with Crippen LogP contribution in [0.2, 0.25) is 0 Å². The number of anilines is 1. The van der Waals surface area contributed by atoms with Crippen molar-refractivity contribution >= 4 is 5.69 Å². The molecule has 0 aliphatic heterocycles. The molecule has 0 saturated carbocycles. The fourth-order valence-corrected chi connectivity index (χ4v) is 2.30. The third-order valence-electron chi connectivity index (χ3n) is 3.29. The molecule has 2 rings (SSSR count). The predicted molar refractivity (Wildman–Crippen MR) is 79.7 cm³/mol. The van der Waals surface area contributed by atoms with E-state index in [0.717, 1.165) is 5.69 Å². The molecule has 0 saturated heterocycles. The van der Waals surface area contributed by atoms with Crippen molar-refractivity contribution in [3.05, 3.63) is 53.6 Å². The van der Waals surface area contributed by atoms with Crippen LogP contribution in [0.25, 0.3) is 11.1 Å². The van der Waals surface area contributed by atoms with Crippen LogP contribution in [0, 0.1) is 6.92 Å². The molecule has 0 heterocycles. The Bertz CT molecular complexity index is 562. The maximum Gasteiger partial charge on any atom is 0.0320 e. The second-order valence-electron chi connectivity index (χ2n) is 5.87. The van der Waals surface area contributed by atoms with Gasteiger partial charge in [0.1, 0.15) is 0 Å². The summed E-state index contributed by atoms with van der Waals surface area (Å²) in [6.07, 6.45) is 0. The Balaban J connectivity index is 2.68. The van der Waals surface area contributed by atoms with E-state index in [4.69, 9.17) is 5.73 Å². The molecule has 0 spiro atoms. The van der Waals surface area contributed by atoms with Crippen LogP contribution in [0.5, 0.6) is 0 Å². The summed E-state index contributed by atoms with van der Waals surface area (Å²) in [5.74, 6) is 0. The Labute approximate surface area is 110 Å². The first-order valence-electron chi connectivity index (χ1n) is 6.35. The van der Waals surface area contributed by atoms with Gasteiger partial charge in [0.15, 0.2) is 0 Å². The van der Waals surface area contributed by atoms with Gasteiger partial charge in [-0.15, -0.1) is 0 Å². The van der Waals surface area contributed by atoms with Crippen molar-refractivity contribution in [3.63, 3.8) is 0 Å². The third-order valence-corrected chi connectivity index (χ3v) is 3.29. The van der Waals surface area contributed by atoms with Crippen molar-refractivity contribution < 1.29 is 0 Å². The summed E-state index contributed by atoms with van der Waals surface area (Å²) in [6.45, 7) is 8.86. The number of hydrogen-bond donors (Lipinski definition) is 1. The molecule has 1 nitrogen and oxygen atoms in total. The van der Waals surface area contributed by atoms with Crippen LogP contribution in [-0.2, 0) is 5.41 Å². The molecule has 1 heteroatoms. The Morgan fingerprint density at radius 2 is 1.56 bits per heavy atom. The predicted octanol–water partition coefficient (Wildman–Crippen LogP) is 4.54. The smallest absolute Gasteiger partial charge is 0.0320 e. The number of aryl methyl sites for hydroxylation is 1. The minimum Gasteiger partial charge on any atom is -0.399 e. The maximum absolute atomic E-state index is 5.92. The van der Waals surface area contributed by atoms with Gasteiger partial charge in [0.05, 0.1) is 0 Å². The van der Waals surface area contributed by atoms with E-state index in [1.54, 1.807) is 0 Å². The van der Waals surface area contributed by atoms with E-state index in [2.05, 4.69) is 64.1 Å². The Kier molecular flexibility index (Phi) is 3.16. The standard InChI is InChI=1S/C17H21N/c1-12-9-10-13(18)11-15(12)14-7-5-6-8-16(14)17(2,3)4/h5-11H,18H2,1-4H3. The molecule has 0 atom stereocenters. The van der Waals surface area contributed by atoms with Gasteiger partial charge in [-0.3, -0.25) is 0 Å². The molecule has 2 N–H and O–H groups in total. The summed E-state index contributed by atoms with van der Waals surface area (Å²) in [7, 11) is 0. The first kappa shape index (κ1) is 12.7. The number of rotatable bonds is 1. The summed E-state index contributed by atoms with van der Waals surface area (Å²) >= 11 is 0. The van der Waals surface area contributed by atoms with Crippen LogP contribution in [-0.4, -0.2) is 0 Å². The highest BCUT2D eigenvalue weighted by molar-refractivity contribution is 5.74. The van der Waals surface area contributed by atoms with E-state index in [-0.39, 0.29) is 5.41 Å². The molecule has 0 unspecified atom stereocenters. The molecule has 0 radical (unpaired) electrons. The van der Waals surface area contributed by atoms with E-state index in [1.807, 2.05) is 6.07 Å². The quantitative estimate of drug-likeness (QED) is 0.726. The van der Waals surface area contributed by atoms with Gasteiger partial charge in [0.2, 0.25) is 0 Å². The van der Waals surface area contributed by atoms with Gasteiger partial charge >= 0.3 is 0 Å². The molecule has 94 valence electrons. The lowest BCUT2D eigenvalue weighted by atomic mass is 9.81. The summed E-state index contributed by atoms with van der Waals surface area (Å²) in [5, 5.41) is 0. The van der Waals surface area contributed by atoms with E-state index >= 15 is 0 Å². The summed E-state index contributed by atoms with van der Waals surface area (Å²) in [6, 6.07) is 14.7. The summed E-state index contributed by atoms with van der Waals surface area (Å²) < 4.78 is 0. The fraction of sp³-hybridized carbons (Fsp3) is 0.294. The number of benzene rings is 2. The Morgan fingerprint density at radius 3 is 2.22 bits per heavy atom. The molecule has 0 bridgehead atoms. The van der Waals surface area contributed by atoms with Crippen molar-refractivity contribution in [2.24, 2.45) is 0 Å². The van der Waals surface area contributed by atoms with Gasteiger partial charge in [0.25, 0.3) is 0 Å². The lowest BCUT2D eigenvalue weighted by molar-refractivity contribution is 0.592. The van der Waals surface area contributed by atoms with Crippen LogP contribution >= 0.6 is 0 Å². The first-order valence-corrected chi connectivity index (χ1v) is 6.35. The highest BCUT2D eigenvalue weighted by Crippen LogP contribution is 2.35. The van der Waals surface area contributed by atoms with Crippen LogP contribution in [0.4, 0.5) is 5.69 Å². The first-order chi connectivity index (χ1) is 8.39. The van der Waals surface area contributed by atoms with Crippen molar-refractivity contribution in [3.8, 4) is 11.1 Å². The number of hydrogen-bond acceptors (Lipinski definition) is 1. The molecule has 18 heavy (non-hydrogen) atoms. The Hall–Kier alpha value is -1.76. The zero-order valence-electron chi connectivity index (χ0n) is 11.6. The van der Waals surface area contributed by atoms with Gasteiger partial charge in [-0.05, 0) is 46.7 Å². The van der Waals surface area contributed by atoms with Gasteiger partial charge in [-0.25, -0.2) is 0 Å². The second-order valence-corrected chi connectivity index (χ2v) is 5.87. The lowest BCUT2D eigenvalue weighted by Crippen LogP contribution is -2.12. The highest BCUT2D eigenvalue weighted by Gasteiger charge is 2.18. The van der Waals surface area contributed by atoms with E-state index in [0.29, 0.717) is 0 Å². The van der Waals surface area contributed by atoms with Crippen molar-refractivity contribution in [1.82, 2.24) is 0 Å². The fourth-order valence-electron chi connectivity index (χ4n) is 2.30. The zero-order valence-corrected chi connectivity index (χ0v) is 11.6. The monoisotopic (exact) mass is 239 g/mol. The zero-order chi connectivity index (χ0) is 13.3. The molecular formula is C17H21N. The average Bonchev–Trinajstić information content (AvgIpc) is 2.31. The van der Waals surface area contributed by atoms with Crippen molar-refractivity contribution in [2.45, 2.75) is 33.1 Å². The molecule has 2 aromatic rings. The molecule has 0 aromatic heterocycles. The highest BCUT2D eigenvalue weighted by atomic mass is 14.5. The van der Waals surface area contributed by atoms with Gasteiger partial charge in [-0.1, -0.05) is 51.1 Å². The average molecular weight is 239 g/mol. The maximum atomic E-state index is 5.92. The summed E-state index contributed by atoms with van der Waals surface area (Å²) in [5.41, 5.74) is 12.0. The molecule has 0 amide bonds. The molecular weight excluding hydrogens is 218 g/mol. The van der Waals surface area contributed by atoms with E-state index in [9.17, 15) is 0 Å². The van der Waals surface area contributed by atoms with Crippen LogP contribution < -0.4 is 5.73 Å². The normalized spacial score (nSPS) is 11.6. The molecule has 0 aliphatic carbocycles. The summed E-state index contributed by atoms with van der Waals surface area (Å²) in [4.78, 5) is 0. The Morgan fingerprint density at radius 1 is 0.889 bits per heavy atom. The minimum absolute atomic E-state index is 0.133. The number of nitrogen functional groups attached to an aromatic ring is 1. The molecule has 2 aromatic carbocycles. The SMILES string of the molecule is Cc1ccc(N)cc1-c1ccccc1C(C)(C)C. The van der Waals surface area contributed by atoms with Crippen molar-refractivity contribution in [1.29, 1.82) is 0 Å². The van der Waals surface area contributed by atoms with E-state index < -0.39 is 0 Å². The van der Waals surface area contributed by atoms with E-state index in [1.165, 1.54) is 22.3 Å².